The first kappa shape index (κ1) is 23.2. The molecular formula is C27H29ClN6O2. The Morgan fingerprint density at radius 2 is 2.06 bits per heavy atom. The smallest absolute Gasteiger partial charge is 0.279 e. The maximum atomic E-state index is 13.6. The molecule has 1 aromatic carbocycles. The molecule has 1 N–H and O–H groups in total. The van der Waals surface area contributed by atoms with E-state index in [-0.39, 0.29) is 11.3 Å². The number of carbonyl (C=O) groups is 1. The second-order valence-electron chi connectivity index (χ2n) is 10.5. The molecule has 1 saturated carbocycles. The van der Waals surface area contributed by atoms with E-state index in [0.29, 0.717) is 35.0 Å². The predicted octanol–water partition coefficient (Wildman–Crippen LogP) is 3.98. The van der Waals surface area contributed by atoms with Crippen molar-refractivity contribution in [1.82, 2.24) is 29.2 Å². The summed E-state index contributed by atoms with van der Waals surface area (Å²) in [7, 11) is 1.88. The zero-order valence-corrected chi connectivity index (χ0v) is 21.3. The van der Waals surface area contributed by atoms with E-state index in [2.05, 4.69) is 27.0 Å². The first-order chi connectivity index (χ1) is 17.3. The lowest BCUT2D eigenvalue weighted by Gasteiger charge is -2.39. The van der Waals surface area contributed by atoms with E-state index >= 15 is 0 Å². The van der Waals surface area contributed by atoms with Crippen LogP contribution in [0.3, 0.4) is 0 Å². The van der Waals surface area contributed by atoms with Crippen LogP contribution in [0, 0.1) is 5.92 Å². The van der Waals surface area contributed by atoms with Crippen LogP contribution < -0.4 is 5.56 Å². The fourth-order valence-corrected chi connectivity index (χ4v) is 6.21. The topological polar surface area (TPSA) is 88.8 Å². The standard InChI is InChI=1S/C27H29ClN6O2/c1-17-5-4-8-33(13-17)14-19-10-22-23(28)15-34(25(36)24(22)30-19)20-7-3-6-18(9-20)27(11-21(35)12-27)26-31-29-16-32(26)2/h3,6-7,9-10,15-17,30H,4-5,8,11-14H2,1-2H3/t17-/m0/s1. The largest absolute Gasteiger partial charge is 0.353 e. The molecule has 6 rings (SSSR count). The van der Waals surface area contributed by atoms with E-state index < -0.39 is 5.41 Å². The monoisotopic (exact) mass is 504 g/mol. The second kappa shape index (κ2) is 8.71. The number of hydrogen-bond donors (Lipinski definition) is 1. The van der Waals surface area contributed by atoms with E-state index in [4.69, 9.17) is 11.6 Å². The molecule has 36 heavy (non-hydrogen) atoms. The van der Waals surface area contributed by atoms with Crippen LogP contribution in [0.5, 0.6) is 0 Å². The molecule has 4 aromatic rings. The quantitative estimate of drug-likeness (QED) is 0.444. The summed E-state index contributed by atoms with van der Waals surface area (Å²) in [5.74, 6) is 1.63. The first-order valence-corrected chi connectivity index (χ1v) is 12.8. The summed E-state index contributed by atoms with van der Waals surface area (Å²) in [6.07, 6.45) is 6.54. The number of pyridine rings is 1. The van der Waals surface area contributed by atoms with Gasteiger partial charge in [-0.1, -0.05) is 30.7 Å². The minimum Gasteiger partial charge on any atom is -0.353 e. The number of benzene rings is 1. The molecule has 0 bridgehead atoms. The average molecular weight is 505 g/mol. The Labute approximate surface area is 213 Å². The van der Waals surface area contributed by atoms with Gasteiger partial charge in [0.2, 0.25) is 0 Å². The molecule has 3 aromatic heterocycles. The van der Waals surface area contributed by atoms with Gasteiger partial charge >= 0.3 is 0 Å². The first-order valence-electron chi connectivity index (χ1n) is 12.5. The number of fused-ring (bicyclic) bond motifs is 1. The van der Waals surface area contributed by atoms with Crippen molar-refractivity contribution < 1.29 is 4.79 Å². The minimum absolute atomic E-state index is 0.151. The Balaban J connectivity index is 1.39. The van der Waals surface area contributed by atoms with Gasteiger partial charge in [-0.3, -0.25) is 19.1 Å². The van der Waals surface area contributed by atoms with Crippen molar-refractivity contribution in [2.24, 2.45) is 13.0 Å². The maximum Gasteiger partial charge on any atom is 0.279 e. The highest BCUT2D eigenvalue weighted by molar-refractivity contribution is 6.35. The van der Waals surface area contributed by atoms with Crippen LogP contribution in [0.2, 0.25) is 5.02 Å². The Bertz CT molecular complexity index is 1520. The van der Waals surface area contributed by atoms with Gasteiger partial charge in [-0.15, -0.1) is 10.2 Å². The molecule has 2 fully saturated rings. The van der Waals surface area contributed by atoms with Gasteiger partial charge in [0.05, 0.1) is 10.4 Å². The van der Waals surface area contributed by atoms with Gasteiger partial charge in [0.25, 0.3) is 5.56 Å². The summed E-state index contributed by atoms with van der Waals surface area (Å²) in [5, 5.41) is 9.61. The van der Waals surface area contributed by atoms with Gasteiger partial charge in [-0.05, 0) is 49.1 Å². The highest BCUT2D eigenvalue weighted by Gasteiger charge is 2.49. The van der Waals surface area contributed by atoms with Crippen LogP contribution in [0.25, 0.3) is 16.6 Å². The van der Waals surface area contributed by atoms with Crippen LogP contribution >= 0.6 is 11.6 Å². The van der Waals surface area contributed by atoms with Gasteiger partial charge in [-0.25, -0.2) is 0 Å². The fraction of sp³-hybridized carbons (Fsp3) is 0.407. The minimum atomic E-state index is -0.541. The van der Waals surface area contributed by atoms with E-state index in [1.807, 2.05) is 41.9 Å². The van der Waals surface area contributed by atoms with Crippen molar-refractivity contribution in [1.29, 1.82) is 0 Å². The second-order valence-corrected chi connectivity index (χ2v) is 10.9. The number of rotatable bonds is 5. The third-order valence-electron chi connectivity index (χ3n) is 7.76. The highest BCUT2D eigenvalue weighted by Crippen LogP contribution is 2.46. The van der Waals surface area contributed by atoms with Crippen LogP contribution in [0.4, 0.5) is 0 Å². The summed E-state index contributed by atoms with van der Waals surface area (Å²) in [6, 6.07) is 9.75. The van der Waals surface area contributed by atoms with Gasteiger partial charge < -0.3 is 9.55 Å². The van der Waals surface area contributed by atoms with E-state index in [0.717, 1.165) is 42.1 Å². The normalized spacial score (nSPS) is 20.1. The van der Waals surface area contributed by atoms with Crippen molar-refractivity contribution in [3.05, 3.63) is 75.3 Å². The number of carbonyl (C=O) groups excluding carboxylic acids is 1. The number of aromatic nitrogens is 5. The Morgan fingerprint density at radius 3 is 2.78 bits per heavy atom. The number of piperidine rings is 1. The molecule has 186 valence electrons. The van der Waals surface area contributed by atoms with Crippen molar-refractivity contribution in [2.75, 3.05) is 13.1 Å². The molecule has 4 heterocycles. The number of Topliss-reactive ketones (excluding diaryl/α,β-unsaturated/α-hetero) is 1. The number of nitrogens with zero attached hydrogens (tertiary/aromatic N) is 5. The number of halogens is 1. The lowest BCUT2D eigenvalue weighted by Crippen LogP contribution is -2.44. The summed E-state index contributed by atoms with van der Waals surface area (Å²) in [4.78, 5) is 31.5. The Morgan fingerprint density at radius 1 is 1.22 bits per heavy atom. The van der Waals surface area contributed by atoms with Crippen LogP contribution in [0.1, 0.15) is 49.7 Å². The molecule has 1 aliphatic heterocycles. The van der Waals surface area contributed by atoms with Crippen molar-refractivity contribution in [3.63, 3.8) is 0 Å². The van der Waals surface area contributed by atoms with E-state index in [9.17, 15) is 9.59 Å². The summed E-state index contributed by atoms with van der Waals surface area (Å²) >= 11 is 6.69. The number of H-pyrrole nitrogens is 1. The van der Waals surface area contributed by atoms with E-state index in [1.165, 1.54) is 12.8 Å². The maximum absolute atomic E-state index is 13.6. The number of nitrogens with one attached hydrogen (secondary N) is 1. The van der Waals surface area contributed by atoms with Crippen molar-refractivity contribution >= 4 is 28.3 Å². The predicted molar refractivity (Wildman–Crippen MR) is 139 cm³/mol. The SMILES string of the molecule is C[C@H]1CCCN(Cc2cc3c(Cl)cn(-c4cccc(C5(c6nncn6C)CC(=O)C5)c4)c(=O)c3[nH]2)C1. The van der Waals surface area contributed by atoms with E-state index in [1.54, 1.807) is 17.1 Å². The molecule has 1 atom stereocenters. The zero-order valence-electron chi connectivity index (χ0n) is 20.5. The summed E-state index contributed by atoms with van der Waals surface area (Å²) < 4.78 is 3.44. The number of hydrogen-bond acceptors (Lipinski definition) is 5. The van der Waals surface area contributed by atoms with Gasteiger partial charge in [-0.2, -0.15) is 0 Å². The molecule has 0 radical (unpaired) electrons. The Kier molecular flexibility index (Phi) is 5.61. The fourth-order valence-electron chi connectivity index (χ4n) is 5.96. The number of aryl methyl sites for hydroxylation is 1. The molecule has 1 aliphatic carbocycles. The van der Waals surface area contributed by atoms with Crippen LogP contribution in [0.15, 0.2) is 47.7 Å². The van der Waals surface area contributed by atoms with Crippen LogP contribution in [-0.2, 0) is 23.8 Å². The third kappa shape index (κ3) is 3.79. The molecule has 2 aliphatic rings. The summed E-state index contributed by atoms with van der Waals surface area (Å²) in [5.41, 5.74) is 2.45. The lowest BCUT2D eigenvalue weighted by molar-refractivity contribution is -0.127. The number of likely N-dealkylation sites (tertiary alicyclic amines) is 1. The number of ketones is 1. The highest BCUT2D eigenvalue weighted by atomic mass is 35.5. The molecule has 0 spiro atoms. The summed E-state index contributed by atoms with van der Waals surface area (Å²) in [6.45, 7) is 5.20. The lowest BCUT2D eigenvalue weighted by atomic mass is 9.63. The van der Waals surface area contributed by atoms with Gasteiger partial charge in [0, 0.05) is 55.9 Å². The third-order valence-corrected chi connectivity index (χ3v) is 8.06. The molecule has 0 amide bonds. The molecule has 0 unspecified atom stereocenters. The van der Waals surface area contributed by atoms with Gasteiger partial charge in [0.15, 0.2) is 0 Å². The van der Waals surface area contributed by atoms with Gasteiger partial charge in [0.1, 0.15) is 23.5 Å². The number of aromatic amines is 1. The molecule has 9 heteroatoms. The Hall–Kier alpha value is -3.23. The molecular weight excluding hydrogens is 476 g/mol. The van der Waals surface area contributed by atoms with Crippen LogP contribution in [-0.4, -0.2) is 48.1 Å². The zero-order chi connectivity index (χ0) is 25.0. The van der Waals surface area contributed by atoms with Crippen molar-refractivity contribution in [2.45, 2.75) is 44.6 Å². The molecule has 1 saturated heterocycles. The average Bonchev–Trinajstić information content (AvgIpc) is 3.46. The molecule has 8 nitrogen and oxygen atoms in total. The van der Waals surface area contributed by atoms with Crippen molar-refractivity contribution in [3.8, 4) is 5.69 Å².